The van der Waals surface area contributed by atoms with E-state index in [4.69, 9.17) is 17.2 Å². The molecule has 8 nitrogen and oxygen atoms in total. The van der Waals surface area contributed by atoms with Gasteiger partial charge in [-0.2, -0.15) is 20.4 Å². The second kappa shape index (κ2) is 7.73. The van der Waals surface area contributed by atoms with E-state index >= 15 is 0 Å². The lowest BCUT2D eigenvalue weighted by molar-refractivity contribution is 0.959. The third-order valence-electron chi connectivity index (χ3n) is 3.07. The van der Waals surface area contributed by atoms with Crippen LogP contribution in [0, 0.1) is 13.8 Å². The molecule has 3 rings (SSSR count). The first-order valence-electron chi connectivity index (χ1n) is 7.22. The molecule has 0 aliphatic heterocycles. The zero-order chi connectivity index (χ0) is 17.5. The van der Waals surface area contributed by atoms with E-state index in [9.17, 15) is 0 Å². The number of fused-ring (bicyclic) bond motifs is 1. The van der Waals surface area contributed by atoms with Crippen LogP contribution in [0.2, 0.25) is 0 Å². The number of aliphatic imine (C=N–C) groups is 2. The Morgan fingerprint density at radius 3 is 2.38 bits per heavy atom. The molecule has 3 aromatic rings. The Balaban J connectivity index is 0.000000182. The lowest BCUT2D eigenvalue weighted by Crippen LogP contribution is -2.26. The maximum absolute atomic E-state index is 5.48. The largest absolute Gasteiger partial charge is 0.370 e. The van der Waals surface area contributed by atoms with Crippen LogP contribution < -0.4 is 17.2 Å². The first-order chi connectivity index (χ1) is 11.5. The van der Waals surface area contributed by atoms with Crippen LogP contribution in [0.4, 0.5) is 5.69 Å². The number of nitrogens with two attached hydrogens (primary N) is 3. The molecule has 0 fully saturated rings. The Hall–Kier alpha value is -3.42. The lowest BCUT2D eigenvalue weighted by atomic mass is 10.2. The summed E-state index contributed by atoms with van der Waals surface area (Å²) >= 11 is 0. The number of aromatic nitrogens is 3. The van der Waals surface area contributed by atoms with Gasteiger partial charge >= 0.3 is 0 Å². The van der Waals surface area contributed by atoms with E-state index < -0.39 is 0 Å². The molecule has 0 bridgehead atoms. The van der Waals surface area contributed by atoms with Gasteiger partial charge in [-0.1, -0.05) is 24.3 Å². The molecule has 1 aromatic heterocycles. The minimum Gasteiger partial charge on any atom is -0.370 e. The molecule has 0 unspecified atom stereocenters. The molecule has 0 spiro atoms. The number of rotatable bonds is 1. The normalized spacial score (nSPS) is 10.8. The number of hydrogen-bond donors (Lipinski definition) is 4. The molecule has 0 aliphatic carbocycles. The molecule has 0 radical (unpaired) electrons. The second-order valence-corrected chi connectivity index (χ2v) is 5.11. The Morgan fingerprint density at radius 2 is 1.67 bits per heavy atom. The molecule has 8 heteroatoms. The van der Waals surface area contributed by atoms with Crippen molar-refractivity contribution >= 4 is 28.6 Å². The minimum atomic E-state index is -0.0974. The van der Waals surface area contributed by atoms with Crippen LogP contribution in [-0.2, 0) is 0 Å². The first-order valence-corrected chi connectivity index (χ1v) is 7.22. The van der Waals surface area contributed by atoms with Crippen LogP contribution in [0.3, 0.4) is 0 Å². The van der Waals surface area contributed by atoms with Crippen LogP contribution in [0.1, 0.15) is 11.1 Å². The Labute approximate surface area is 139 Å². The summed E-state index contributed by atoms with van der Waals surface area (Å²) in [6.45, 7) is 3.97. The molecule has 24 heavy (non-hydrogen) atoms. The van der Waals surface area contributed by atoms with Crippen LogP contribution in [-0.4, -0.2) is 27.3 Å². The monoisotopic (exact) mass is 324 g/mol. The van der Waals surface area contributed by atoms with E-state index in [-0.39, 0.29) is 11.9 Å². The summed E-state index contributed by atoms with van der Waals surface area (Å²) in [7, 11) is 0. The highest BCUT2D eigenvalue weighted by atomic mass is 15.3. The van der Waals surface area contributed by atoms with E-state index in [1.807, 2.05) is 56.3 Å². The van der Waals surface area contributed by atoms with Gasteiger partial charge in [0.25, 0.3) is 0 Å². The topological polar surface area (TPSA) is 144 Å². The SMILES string of the molecule is Cc1ccc2n[nH]nc2c1.Cc1ccccc1N=C(N)N=C(N)N. The molecular weight excluding hydrogens is 304 g/mol. The Kier molecular flexibility index (Phi) is 5.45. The summed E-state index contributed by atoms with van der Waals surface area (Å²) in [5, 5.41) is 10.4. The molecular formula is C16H20N8. The molecule has 0 saturated heterocycles. The van der Waals surface area contributed by atoms with Crippen molar-refractivity contribution in [3.8, 4) is 0 Å². The lowest BCUT2D eigenvalue weighted by Gasteiger charge is -1.99. The predicted molar refractivity (Wildman–Crippen MR) is 96.9 cm³/mol. The van der Waals surface area contributed by atoms with E-state index in [2.05, 4.69) is 25.4 Å². The summed E-state index contributed by atoms with van der Waals surface area (Å²) in [4.78, 5) is 7.66. The van der Waals surface area contributed by atoms with Crippen LogP contribution in [0.5, 0.6) is 0 Å². The van der Waals surface area contributed by atoms with Crippen molar-refractivity contribution in [1.29, 1.82) is 0 Å². The zero-order valence-electron chi connectivity index (χ0n) is 13.6. The van der Waals surface area contributed by atoms with E-state index in [0.717, 1.165) is 22.3 Å². The molecule has 0 saturated carbocycles. The van der Waals surface area contributed by atoms with E-state index in [1.54, 1.807) is 0 Å². The highest BCUT2D eigenvalue weighted by Gasteiger charge is 1.96. The van der Waals surface area contributed by atoms with Gasteiger partial charge in [0.1, 0.15) is 11.0 Å². The standard InChI is InChI=1S/C9H13N5.C7H7N3/c1-6-4-2-3-5-7(6)13-9(12)14-8(10)11;1-5-2-3-6-7(4-5)9-10-8-6/h2-5H,1H3,(H6,10,11,12,13,14);2-4H,1H3,(H,8,9,10). The van der Waals surface area contributed by atoms with Gasteiger partial charge < -0.3 is 17.2 Å². The zero-order valence-corrected chi connectivity index (χ0v) is 13.6. The average molecular weight is 324 g/mol. The van der Waals surface area contributed by atoms with Crippen LogP contribution in [0.25, 0.3) is 11.0 Å². The van der Waals surface area contributed by atoms with Gasteiger partial charge in [-0.25, -0.2) is 4.99 Å². The quantitative estimate of drug-likeness (QED) is 0.396. The van der Waals surface area contributed by atoms with Gasteiger partial charge in [-0.3, -0.25) is 0 Å². The summed E-state index contributed by atoms with van der Waals surface area (Å²) in [5.74, 6) is -0.0425. The summed E-state index contributed by atoms with van der Waals surface area (Å²) in [6, 6.07) is 13.5. The predicted octanol–water partition coefficient (Wildman–Crippen LogP) is 1.48. The van der Waals surface area contributed by atoms with Gasteiger partial charge in [0.15, 0.2) is 5.96 Å². The number of hydrogen-bond acceptors (Lipinski definition) is 3. The number of para-hydroxylation sites is 1. The fraction of sp³-hybridized carbons (Fsp3) is 0.125. The Bertz CT molecular complexity index is 874. The number of aromatic amines is 1. The smallest absolute Gasteiger partial charge is 0.223 e. The highest BCUT2D eigenvalue weighted by Crippen LogP contribution is 2.16. The fourth-order valence-corrected chi connectivity index (χ4v) is 1.92. The third kappa shape index (κ3) is 4.80. The number of guanidine groups is 2. The molecule has 0 atom stereocenters. The van der Waals surface area contributed by atoms with Gasteiger partial charge in [0.2, 0.25) is 5.96 Å². The van der Waals surface area contributed by atoms with E-state index in [1.165, 1.54) is 5.56 Å². The summed E-state index contributed by atoms with van der Waals surface area (Å²) in [6.07, 6.45) is 0. The maximum Gasteiger partial charge on any atom is 0.223 e. The third-order valence-corrected chi connectivity index (χ3v) is 3.07. The second-order valence-electron chi connectivity index (χ2n) is 5.11. The van der Waals surface area contributed by atoms with Crippen molar-refractivity contribution < 1.29 is 0 Å². The van der Waals surface area contributed by atoms with Gasteiger partial charge in [-0.05, 0) is 43.2 Å². The fourth-order valence-electron chi connectivity index (χ4n) is 1.92. The number of benzene rings is 2. The van der Waals surface area contributed by atoms with E-state index in [0.29, 0.717) is 0 Å². The average Bonchev–Trinajstić information content (AvgIpc) is 2.97. The number of nitrogens with one attached hydrogen (secondary N) is 1. The van der Waals surface area contributed by atoms with Crippen molar-refractivity contribution in [3.05, 3.63) is 53.6 Å². The van der Waals surface area contributed by atoms with Crippen LogP contribution in [0.15, 0.2) is 52.4 Å². The minimum absolute atomic E-state index is 0.0549. The molecule has 1 heterocycles. The molecule has 0 amide bonds. The van der Waals surface area contributed by atoms with Crippen molar-refractivity contribution in [1.82, 2.24) is 15.4 Å². The van der Waals surface area contributed by atoms with Crippen LogP contribution >= 0.6 is 0 Å². The number of aryl methyl sites for hydroxylation is 2. The number of nitrogens with zero attached hydrogens (tertiary/aromatic N) is 4. The Morgan fingerprint density at radius 1 is 0.958 bits per heavy atom. The first kappa shape index (κ1) is 16.9. The highest BCUT2D eigenvalue weighted by molar-refractivity contribution is 5.93. The maximum atomic E-state index is 5.48. The van der Waals surface area contributed by atoms with Crippen molar-refractivity contribution in [2.75, 3.05) is 0 Å². The van der Waals surface area contributed by atoms with Crippen molar-refractivity contribution in [3.63, 3.8) is 0 Å². The molecule has 2 aromatic carbocycles. The van der Waals surface area contributed by atoms with Crippen molar-refractivity contribution in [2.24, 2.45) is 27.2 Å². The number of H-pyrrole nitrogens is 1. The van der Waals surface area contributed by atoms with Crippen molar-refractivity contribution in [2.45, 2.75) is 13.8 Å². The molecule has 124 valence electrons. The van der Waals surface area contributed by atoms with Gasteiger partial charge in [-0.15, -0.1) is 0 Å². The van der Waals surface area contributed by atoms with Gasteiger partial charge in [0.05, 0.1) is 5.69 Å². The summed E-state index contributed by atoms with van der Waals surface area (Å²) in [5.41, 5.74) is 20.6. The molecule has 0 aliphatic rings. The van der Waals surface area contributed by atoms with Gasteiger partial charge in [0, 0.05) is 0 Å². The molecule has 7 N–H and O–H groups in total. The summed E-state index contributed by atoms with van der Waals surface area (Å²) < 4.78 is 0.